The standard InChI is InChI=1S/C19H17N5OS/c1-24-16-7-3-2-6-15(16)23-17(24)11-21-18(25)9-14-12-26-19(22-14)13-5-4-8-20-10-13/h2-8,10,12H,9,11H2,1H3,(H,21,25). The summed E-state index contributed by atoms with van der Waals surface area (Å²) in [4.78, 5) is 25.4. The van der Waals surface area contributed by atoms with Crippen molar-refractivity contribution in [2.75, 3.05) is 0 Å². The average Bonchev–Trinajstić information content (AvgIpc) is 3.26. The molecule has 7 heteroatoms. The van der Waals surface area contributed by atoms with Gasteiger partial charge in [-0.1, -0.05) is 12.1 Å². The minimum Gasteiger partial charge on any atom is -0.349 e. The van der Waals surface area contributed by atoms with Crippen molar-refractivity contribution in [1.82, 2.24) is 24.8 Å². The number of imidazole rings is 1. The molecule has 4 aromatic rings. The predicted molar refractivity (Wildman–Crippen MR) is 102 cm³/mol. The van der Waals surface area contributed by atoms with E-state index in [1.807, 2.05) is 53.4 Å². The van der Waals surface area contributed by atoms with E-state index in [2.05, 4.69) is 20.3 Å². The Kier molecular flexibility index (Phi) is 4.45. The molecule has 26 heavy (non-hydrogen) atoms. The van der Waals surface area contributed by atoms with Crippen LogP contribution in [0.15, 0.2) is 54.2 Å². The first-order valence-corrected chi connectivity index (χ1v) is 9.10. The summed E-state index contributed by atoms with van der Waals surface area (Å²) in [6, 6.07) is 11.8. The first kappa shape index (κ1) is 16.4. The summed E-state index contributed by atoms with van der Waals surface area (Å²) in [7, 11) is 1.96. The van der Waals surface area contributed by atoms with Crippen molar-refractivity contribution in [2.24, 2.45) is 7.05 Å². The van der Waals surface area contributed by atoms with Crippen molar-refractivity contribution in [3.05, 3.63) is 65.7 Å². The van der Waals surface area contributed by atoms with E-state index < -0.39 is 0 Å². The molecule has 0 unspecified atom stereocenters. The van der Waals surface area contributed by atoms with Gasteiger partial charge in [0.1, 0.15) is 10.8 Å². The minimum atomic E-state index is -0.0694. The van der Waals surface area contributed by atoms with Gasteiger partial charge >= 0.3 is 0 Å². The van der Waals surface area contributed by atoms with Gasteiger partial charge in [0.15, 0.2) is 0 Å². The van der Waals surface area contributed by atoms with Gasteiger partial charge in [-0.3, -0.25) is 9.78 Å². The molecule has 0 saturated carbocycles. The fourth-order valence-corrected chi connectivity index (χ4v) is 3.58. The topological polar surface area (TPSA) is 72.7 Å². The van der Waals surface area contributed by atoms with Crippen LogP contribution in [-0.2, 0) is 24.8 Å². The van der Waals surface area contributed by atoms with Crippen LogP contribution in [0.3, 0.4) is 0 Å². The third kappa shape index (κ3) is 3.34. The Morgan fingerprint density at radius 2 is 2.08 bits per heavy atom. The molecule has 3 aromatic heterocycles. The average molecular weight is 363 g/mol. The molecule has 0 spiro atoms. The number of nitrogens with zero attached hydrogens (tertiary/aromatic N) is 4. The van der Waals surface area contributed by atoms with Crippen LogP contribution in [0.2, 0.25) is 0 Å². The highest BCUT2D eigenvalue weighted by Crippen LogP contribution is 2.22. The zero-order valence-electron chi connectivity index (χ0n) is 14.2. The van der Waals surface area contributed by atoms with Crippen molar-refractivity contribution in [3.8, 4) is 10.6 Å². The lowest BCUT2D eigenvalue weighted by Crippen LogP contribution is -2.26. The summed E-state index contributed by atoms with van der Waals surface area (Å²) >= 11 is 1.52. The second kappa shape index (κ2) is 7.05. The Balaban J connectivity index is 1.40. The number of pyridine rings is 1. The molecule has 0 radical (unpaired) electrons. The molecule has 0 bridgehead atoms. The van der Waals surface area contributed by atoms with Gasteiger partial charge in [0.05, 0.1) is 29.7 Å². The zero-order valence-corrected chi connectivity index (χ0v) is 15.0. The number of hydrogen-bond acceptors (Lipinski definition) is 5. The molecule has 6 nitrogen and oxygen atoms in total. The largest absolute Gasteiger partial charge is 0.349 e. The molecule has 3 heterocycles. The first-order chi connectivity index (χ1) is 12.7. The van der Waals surface area contributed by atoms with Crippen molar-refractivity contribution in [2.45, 2.75) is 13.0 Å². The van der Waals surface area contributed by atoms with Gasteiger partial charge < -0.3 is 9.88 Å². The monoisotopic (exact) mass is 363 g/mol. The third-order valence-electron chi connectivity index (χ3n) is 4.13. The number of thiazole rings is 1. The lowest BCUT2D eigenvalue weighted by molar-refractivity contribution is -0.120. The van der Waals surface area contributed by atoms with E-state index in [-0.39, 0.29) is 12.3 Å². The molecule has 0 aliphatic heterocycles. The van der Waals surface area contributed by atoms with E-state index in [9.17, 15) is 4.79 Å². The van der Waals surface area contributed by atoms with Crippen LogP contribution in [0.5, 0.6) is 0 Å². The summed E-state index contributed by atoms with van der Waals surface area (Å²) in [6.45, 7) is 0.392. The molecule has 130 valence electrons. The van der Waals surface area contributed by atoms with E-state index >= 15 is 0 Å². The lowest BCUT2D eigenvalue weighted by Gasteiger charge is -2.04. The molecule has 4 rings (SSSR count). The maximum Gasteiger partial charge on any atom is 0.226 e. The fraction of sp³-hybridized carbons (Fsp3) is 0.158. The second-order valence-corrected chi connectivity index (χ2v) is 6.77. The van der Waals surface area contributed by atoms with E-state index in [0.29, 0.717) is 6.54 Å². The normalized spacial score (nSPS) is 11.0. The summed E-state index contributed by atoms with van der Waals surface area (Å²) in [5.74, 6) is 0.758. The first-order valence-electron chi connectivity index (χ1n) is 8.22. The van der Waals surface area contributed by atoms with Crippen LogP contribution in [0.25, 0.3) is 21.6 Å². The van der Waals surface area contributed by atoms with Gasteiger partial charge in [-0.25, -0.2) is 9.97 Å². The van der Waals surface area contributed by atoms with Gasteiger partial charge in [0.2, 0.25) is 5.91 Å². The van der Waals surface area contributed by atoms with Crippen molar-refractivity contribution in [1.29, 1.82) is 0 Å². The third-order valence-corrected chi connectivity index (χ3v) is 5.07. The zero-order chi connectivity index (χ0) is 17.9. The molecular weight excluding hydrogens is 346 g/mol. The smallest absolute Gasteiger partial charge is 0.226 e. The maximum atomic E-state index is 12.3. The van der Waals surface area contributed by atoms with Crippen molar-refractivity contribution >= 4 is 28.3 Å². The van der Waals surface area contributed by atoms with Crippen LogP contribution >= 0.6 is 11.3 Å². The van der Waals surface area contributed by atoms with Crippen LogP contribution in [-0.4, -0.2) is 25.4 Å². The quantitative estimate of drug-likeness (QED) is 0.592. The molecule has 0 aliphatic carbocycles. The van der Waals surface area contributed by atoms with Gasteiger partial charge in [0.25, 0.3) is 0 Å². The lowest BCUT2D eigenvalue weighted by atomic mass is 10.3. The summed E-state index contributed by atoms with van der Waals surface area (Å²) in [6.07, 6.45) is 3.75. The number of fused-ring (bicyclic) bond motifs is 1. The van der Waals surface area contributed by atoms with E-state index in [1.54, 1.807) is 12.4 Å². The second-order valence-electron chi connectivity index (χ2n) is 5.91. The number of aryl methyl sites for hydroxylation is 1. The Morgan fingerprint density at radius 1 is 1.19 bits per heavy atom. The van der Waals surface area contributed by atoms with Gasteiger partial charge in [0, 0.05) is 30.4 Å². The van der Waals surface area contributed by atoms with Gasteiger partial charge in [-0.15, -0.1) is 11.3 Å². The molecule has 0 fully saturated rings. The van der Waals surface area contributed by atoms with Gasteiger partial charge in [-0.05, 0) is 24.3 Å². The number of amides is 1. The van der Waals surface area contributed by atoms with Crippen LogP contribution in [0.4, 0.5) is 0 Å². The highest BCUT2D eigenvalue weighted by molar-refractivity contribution is 7.13. The van der Waals surface area contributed by atoms with Crippen LogP contribution in [0, 0.1) is 0 Å². The molecule has 1 aromatic carbocycles. The highest BCUT2D eigenvalue weighted by atomic mass is 32.1. The molecule has 0 saturated heterocycles. The van der Waals surface area contributed by atoms with E-state index in [4.69, 9.17) is 0 Å². The number of carbonyl (C=O) groups excluding carboxylic acids is 1. The number of carbonyl (C=O) groups is 1. The highest BCUT2D eigenvalue weighted by Gasteiger charge is 2.11. The number of aromatic nitrogens is 4. The maximum absolute atomic E-state index is 12.3. The number of benzene rings is 1. The predicted octanol–water partition coefficient (Wildman–Crippen LogP) is 2.95. The summed E-state index contributed by atoms with van der Waals surface area (Å²) in [5.41, 5.74) is 3.71. The molecule has 1 amide bonds. The Morgan fingerprint density at radius 3 is 2.88 bits per heavy atom. The number of hydrogen-bond donors (Lipinski definition) is 1. The number of rotatable bonds is 5. The fourth-order valence-electron chi connectivity index (χ4n) is 2.77. The molecule has 0 atom stereocenters. The number of para-hydroxylation sites is 2. The van der Waals surface area contributed by atoms with Crippen molar-refractivity contribution < 1.29 is 4.79 Å². The van der Waals surface area contributed by atoms with Crippen molar-refractivity contribution in [3.63, 3.8) is 0 Å². The summed E-state index contributed by atoms with van der Waals surface area (Å²) < 4.78 is 2.00. The SMILES string of the molecule is Cn1c(CNC(=O)Cc2csc(-c3cccnc3)n2)nc2ccccc21. The Bertz CT molecular complexity index is 1050. The summed E-state index contributed by atoms with van der Waals surface area (Å²) in [5, 5.41) is 5.71. The minimum absolute atomic E-state index is 0.0694. The van der Waals surface area contributed by atoms with Gasteiger partial charge in [-0.2, -0.15) is 0 Å². The Labute approximate surface area is 154 Å². The molecular formula is C19H17N5OS. The van der Waals surface area contributed by atoms with Crippen LogP contribution < -0.4 is 5.32 Å². The Hall–Kier alpha value is -3.06. The van der Waals surface area contributed by atoms with E-state index in [1.165, 1.54) is 11.3 Å². The number of nitrogens with one attached hydrogen (secondary N) is 1. The molecule has 1 N–H and O–H groups in total. The molecule has 0 aliphatic rings. The van der Waals surface area contributed by atoms with E-state index in [0.717, 1.165) is 33.1 Å². The van der Waals surface area contributed by atoms with Crippen LogP contribution in [0.1, 0.15) is 11.5 Å².